The van der Waals surface area contributed by atoms with E-state index in [1.54, 1.807) is 13.4 Å². The van der Waals surface area contributed by atoms with E-state index in [9.17, 15) is 4.79 Å². The minimum absolute atomic E-state index is 0.124. The van der Waals surface area contributed by atoms with Gasteiger partial charge in [0.15, 0.2) is 6.39 Å². The summed E-state index contributed by atoms with van der Waals surface area (Å²) in [4.78, 5) is 19.0. The number of rotatable bonds is 7. The van der Waals surface area contributed by atoms with Crippen molar-refractivity contribution >= 4 is 5.91 Å². The molecule has 0 bridgehead atoms. The summed E-state index contributed by atoms with van der Waals surface area (Å²) in [7, 11) is 1.68. The Morgan fingerprint density at radius 2 is 2.10 bits per heavy atom. The molecule has 1 aliphatic rings. The second-order valence-electron chi connectivity index (χ2n) is 7.33. The maximum atomic E-state index is 12.9. The Morgan fingerprint density at radius 3 is 2.79 bits per heavy atom. The first-order chi connectivity index (χ1) is 14.1. The molecule has 4 rings (SSSR count). The van der Waals surface area contributed by atoms with Crippen molar-refractivity contribution in [3.8, 4) is 11.4 Å². The number of carbonyl (C=O) groups is 1. The van der Waals surface area contributed by atoms with Gasteiger partial charge in [-0.25, -0.2) is 4.98 Å². The number of ether oxygens (including phenoxy) is 1. The third kappa shape index (κ3) is 3.95. The Bertz CT molecular complexity index is 988. The van der Waals surface area contributed by atoms with E-state index in [1.165, 1.54) is 6.39 Å². The lowest BCUT2D eigenvalue weighted by molar-refractivity contribution is -0.132. The van der Waals surface area contributed by atoms with Crippen LogP contribution in [0, 0.1) is 13.8 Å². The summed E-state index contributed by atoms with van der Waals surface area (Å²) >= 11 is 0. The Balaban J connectivity index is 1.51. The first-order valence-electron chi connectivity index (χ1n) is 9.81. The molecule has 4 heterocycles. The Kier molecular flexibility index (Phi) is 5.48. The molecule has 0 saturated heterocycles. The summed E-state index contributed by atoms with van der Waals surface area (Å²) < 4.78 is 14.2. The quantitative estimate of drug-likeness (QED) is 0.604. The van der Waals surface area contributed by atoms with E-state index >= 15 is 0 Å². The van der Waals surface area contributed by atoms with Crippen LogP contribution in [0.4, 0.5) is 0 Å². The lowest BCUT2D eigenvalue weighted by Gasteiger charge is -2.28. The number of hydrogen-bond donors (Lipinski definition) is 0. The Morgan fingerprint density at radius 1 is 1.24 bits per heavy atom. The average Bonchev–Trinajstić information content (AvgIpc) is 3.43. The lowest BCUT2D eigenvalue weighted by Crippen LogP contribution is -2.37. The fraction of sp³-hybridized carbons (Fsp3) is 0.500. The van der Waals surface area contributed by atoms with Gasteiger partial charge in [-0.3, -0.25) is 14.2 Å². The third-order valence-electron chi connectivity index (χ3n) is 5.31. The molecule has 29 heavy (non-hydrogen) atoms. The summed E-state index contributed by atoms with van der Waals surface area (Å²) in [6, 6.07) is 2.02. The summed E-state index contributed by atoms with van der Waals surface area (Å²) in [6.45, 7) is 7.02. The second-order valence-corrected chi connectivity index (χ2v) is 7.33. The number of methoxy groups -OCH3 is 1. The van der Waals surface area contributed by atoms with Gasteiger partial charge in [-0.05, 0) is 19.9 Å². The van der Waals surface area contributed by atoms with Gasteiger partial charge in [-0.2, -0.15) is 10.2 Å². The van der Waals surface area contributed by atoms with Crippen molar-refractivity contribution in [3.05, 3.63) is 41.4 Å². The zero-order valence-electron chi connectivity index (χ0n) is 17.1. The third-order valence-corrected chi connectivity index (χ3v) is 5.31. The summed E-state index contributed by atoms with van der Waals surface area (Å²) in [6.07, 6.45) is 4.17. The van der Waals surface area contributed by atoms with Gasteiger partial charge in [0.05, 0.1) is 18.8 Å². The fourth-order valence-corrected chi connectivity index (χ4v) is 3.86. The molecule has 0 N–H and O–H groups in total. The lowest BCUT2D eigenvalue weighted by atomic mass is 10.0. The van der Waals surface area contributed by atoms with E-state index in [0.717, 1.165) is 34.8 Å². The average molecular weight is 398 g/mol. The van der Waals surface area contributed by atoms with Gasteiger partial charge >= 0.3 is 0 Å². The zero-order chi connectivity index (χ0) is 20.4. The minimum Gasteiger partial charge on any atom is -0.451 e. The molecule has 0 spiro atoms. The predicted molar refractivity (Wildman–Crippen MR) is 105 cm³/mol. The van der Waals surface area contributed by atoms with Crippen LogP contribution in [0.3, 0.4) is 0 Å². The standard InChI is InChI=1S/C20H26N6O3/c1-14-10-15(2)25(22-14)7-5-19(27)24-6-4-18-16(11-24)20(17-12-29-13-21-17)23-26(18)8-9-28-3/h10,12-13H,4-9,11H2,1-3H3. The van der Waals surface area contributed by atoms with Crippen molar-refractivity contribution in [2.45, 2.75) is 46.3 Å². The van der Waals surface area contributed by atoms with Crippen molar-refractivity contribution in [3.63, 3.8) is 0 Å². The predicted octanol–water partition coefficient (Wildman–Crippen LogP) is 1.97. The largest absolute Gasteiger partial charge is 0.451 e. The number of aromatic nitrogens is 5. The number of aryl methyl sites for hydroxylation is 3. The topological polar surface area (TPSA) is 91.2 Å². The molecule has 9 heteroatoms. The Labute approximate surface area is 169 Å². The molecular weight excluding hydrogens is 372 g/mol. The fourth-order valence-electron chi connectivity index (χ4n) is 3.86. The number of oxazole rings is 1. The van der Waals surface area contributed by atoms with E-state index in [2.05, 4.69) is 10.1 Å². The number of amides is 1. The molecule has 0 unspecified atom stereocenters. The van der Waals surface area contributed by atoms with Crippen LogP contribution >= 0.6 is 0 Å². The maximum Gasteiger partial charge on any atom is 0.224 e. The van der Waals surface area contributed by atoms with Gasteiger partial charge in [-0.15, -0.1) is 0 Å². The van der Waals surface area contributed by atoms with Gasteiger partial charge in [0.1, 0.15) is 17.7 Å². The highest BCUT2D eigenvalue weighted by atomic mass is 16.5. The van der Waals surface area contributed by atoms with Crippen LogP contribution in [0.5, 0.6) is 0 Å². The van der Waals surface area contributed by atoms with E-state index in [-0.39, 0.29) is 5.91 Å². The molecule has 0 aromatic carbocycles. The smallest absolute Gasteiger partial charge is 0.224 e. The normalized spacial score (nSPS) is 13.7. The second kappa shape index (κ2) is 8.20. The molecular formula is C20H26N6O3. The summed E-state index contributed by atoms with van der Waals surface area (Å²) in [5, 5.41) is 9.18. The van der Waals surface area contributed by atoms with E-state index in [0.29, 0.717) is 44.9 Å². The van der Waals surface area contributed by atoms with Gasteiger partial charge in [0, 0.05) is 56.5 Å². The highest BCUT2D eigenvalue weighted by Gasteiger charge is 2.28. The highest BCUT2D eigenvalue weighted by Crippen LogP contribution is 2.29. The Hall–Kier alpha value is -2.94. The number of nitrogens with zero attached hydrogens (tertiary/aromatic N) is 6. The van der Waals surface area contributed by atoms with Crippen LogP contribution in [-0.2, 0) is 35.6 Å². The SMILES string of the molecule is COCCn1nc(-c2cocn2)c2c1CCN(C(=O)CCn1nc(C)cc1C)C2. The molecule has 0 aliphatic carbocycles. The highest BCUT2D eigenvalue weighted by molar-refractivity contribution is 5.77. The molecule has 0 fully saturated rings. The molecule has 3 aromatic rings. The van der Waals surface area contributed by atoms with Gasteiger partial charge in [0.2, 0.25) is 5.91 Å². The van der Waals surface area contributed by atoms with Gasteiger partial charge in [-0.1, -0.05) is 0 Å². The molecule has 154 valence electrons. The van der Waals surface area contributed by atoms with Crippen molar-refractivity contribution in [1.29, 1.82) is 0 Å². The minimum atomic E-state index is 0.124. The van der Waals surface area contributed by atoms with Crippen LogP contribution in [0.15, 0.2) is 23.1 Å². The number of fused-ring (bicyclic) bond motifs is 1. The van der Waals surface area contributed by atoms with Crippen molar-refractivity contribution < 1.29 is 13.9 Å². The first-order valence-corrected chi connectivity index (χ1v) is 9.81. The molecule has 1 aliphatic heterocycles. The first kappa shape index (κ1) is 19.4. The molecule has 9 nitrogen and oxygen atoms in total. The van der Waals surface area contributed by atoms with E-state index in [1.807, 2.05) is 34.2 Å². The zero-order valence-corrected chi connectivity index (χ0v) is 17.1. The van der Waals surface area contributed by atoms with Crippen LogP contribution in [0.2, 0.25) is 0 Å². The number of carbonyl (C=O) groups excluding carboxylic acids is 1. The van der Waals surface area contributed by atoms with E-state index < -0.39 is 0 Å². The van der Waals surface area contributed by atoms with Gasteiger partial charge in [0.25, 0.3) is 0 Å². The van der Waals surface area contributed by atoms with Crippen molar-refractivity contribution in [2.75, 3.05) is 20.3 Å². The number of hydrogen-bond acceptors (Lipinski definition) is 6. The monoisotopic (exact) mass is 398 g/mol. The van der Waals surface area contributed by atoms with E-state index in [4.69, 9.17) is 14.3 Å². The molecule has 0 saturated carbocycles. The van der Waals surface area contributed by atoms with Crippen LogP contribution < -0.4 is 0 Å². The molecule has 0 radical (unpaired) electrons. The molecule has 1 amide bonds. The summed E-state index contributed by atoms with van der Waals surface area (Å²) in [5.41, 5.74) is 5.70. The van der Waals surface area contributed by atoms with Crippen LogP contribution in [0.1, 0.15) is 29.1 Å². The van der Waals surface area contributed by atoms with Crippen molar-refractivity contribution in [2.24, 2.45) is 0 Å². The molecule has 3 aromatic heterocycles. The maximum absolute atomic E-state index is 12.9. The van der Waals surface area contributed by atoms with Crippen LogP contribution in [0.25, 0.3) is 11.4 Å². The summed E-state index contributed by atoms with van der Waals surface area (Å²) in [5.74, 6) is 0.124. The van der Waals surface area contributed by atoms with Gasteiger partial charge < -0.3 is 14.1 Å². The van der Waals surface area contributed by atoms with Crippen molar-refractivity contribution in [1.82, 2.24) is 29.4 Å². The molecule has 0 atom stereocenters. The van der Waals surface area contributed by atoms with Crippen LogP contribution in [-0.4, -0.2) is 55.6 Å².